The van der Waals surface area contributed by atoms with Gasteiger partial charge in [-0.2, -0.15) is 0 Å². The molecule has 0 radical (unpaired) electrons. The maximum atomic E-state index is 6.62. The molecule has 0 spiro atoms. The summed E-state index contributed by atoms with van der Waals surface area (Å²) >= 11 is 0. The summed E-state index contributed by atoms with van der Waals surface area (Å²) in [4.78, 5) is 2.24. The van der Waals surface area contributed by atoms with Crippen LogP contribution in [0, 0.1) is 0 Å². The zero-order valence-electron chi connectivity index (χ0n) is 12.4. The van der Waals surface area contributed by atoms with Crippen molar-refractivity contribution in [3.63, 3.8) is 0 Å². The second-order valence-corrected chi connectivity index (χ2v) is 6.16. The monoisotopic (exact) mass is 276 g/mol. The van der Waals surface area contributed by atoms with Crippen molar-refractivity contribution in [2.24, 2.45) is 5.73 Å². The van der Waals surface area contributed by atoms with Crippen LogP contribution in [0.5, 0.6) is 11.5 Å². The molecular formula is C16H24N2O2. The Morgan fingerprint density at radius 2 is 1.95 bits per heavy atom. The highest BCUT2D eigenvalue weighted by molar-refractivity contribution is 5.50. The molecule has 110 valence electrons. The predicted molar refractivity (Wildman–Crippen MR) is 79.2 cm³/mol. The summed E-state index contributed by atoms with van der Waals surface area (Å²) in [6.45, 7) is 1.93. The van der Waals surface area contributed by atoms with E-state index >= 15 is 0 Å². The third-order valence-electron chi connectivity index (χ3n) is 4.55. The van der Waals surface area contributed by atoms with Crippen LogP contribution >= 0.6 is 0 Å². The summed E-state index contributed by atoms with van der Waals surface area (Å²) in [5.41, 5.74) is 7.49. The van der Waals surface area contributed by atoms with E-state index in [1.165, 1.54) is 12.8 Å². The fourth-order valence-corrected chi connectivity index (χ4v) is 3.35. The van der Waals surface area contributed by atoms with E-state index in [1.54, 1.807) is 7.11 Å². The van der Waals surface area contributed by atoms with Crippen LogP contribution in [0.2, 0.25) is 0 Å². The first kappa shape index (κ1) is 13.7. The standard InChI is InChI=1S/C16H24N2O2/c1-18-10-12(11-18)20-15-13(6-5-7-14(15)19-2)16(17)8-3-4-9-16/h5-7,12H,3-4,8-11,17H2,1-2H3. The number of likely N-dealkylation sites (N-methyl/N-ethyl adjacent to an activating group) is 1. The zero-order valence-corrected chi connectivity index (χ0v) is 12.4. The van der Waals surface area contributed by atoms with Gasteiger partial charge >= 0.3 is 0 Å². The molecule has 1 aromatic carbocycles. The molecule has 1 aromatic rings. The molecule has 0 bridgehead atoms. The number of hydrogen-bond donors (Lipinski definition) is 1. The first-order valence-electron chi connectivity index (χ1n) is 7.44. The third-order valence-corrected chi connectivity index (χ3v) is 4.55. The first-order chi connectivity index (χ1) is 9.62. The van der Waals surface area contributed by atoms with Gasteiger partial charge in [-0.3, -0.25) is 4.90 Å². The molecule has 20 heavy (non-hydrogen) atoms. The minimum Gasteiger partial charge on any atom is -0.493 e. The number of benzene rings is 1. The highest BCUT2D eigenvalue weighted by atomic mass is 16.5. The van der Waals surface area contributed by atoms with Crippen molar-refractivity contribution >= 4 is 0 Å². The second-order valence-electron chi connectivity index (χ2n) is 6.16. The number of rotatable bonds is 4. The molecule has 0 atom stereocenters. The van der Waals surface area contributed by atoms with E-state index in [2.05, 4.69) is 18.0 Å². The number of para-hydroxylation sites is 1. The lowest BCUT2D eigenvalue weighted by Crippen LogP contribution is -2.51. The smallest absolute Gasteiger partial charge is 0.166 e. The molecule has 1 aliphatic heterocycles. The fourth-order valence-electron chi connectivity index (χ4n) is 3.35. The van der Waals surface area contributed by atoms with Gasteiger partial charge in [-0.05, 0) is 26.0 Å². The molecule has 0 amide bonds. The Bertz CT molecular complexity index is 477. The molecule has 0 unspecified atom stereocenters. The maximum Gasteiger partial charge on any atom is 0.166 e. The van der Waals surface area contributed by atoms with Crippen molar-refractivity contribution in [1.82, 2.24) is 4.90 Å². The van der Waals surface area contributed by atoms with Crippen molar-refractivity contribution < 1.29 is 9.47 Å². The molecule has 2 N–H and O–H groups in total. The SMILES string of the molecule is COc1cccc(C2(N)CCCC2)c1OC1CN(C)C1. The molecule has 0 aromatic heterocycles. The van der Waals surface area contributed by atoms with Gasteiger partial charge in [0.15, 0.2) is 11.5 Å². The minimum absolute atomic E-state index is 0.250. The Hall–Kier alpha value is -1.26. The summed E-state index contributed by atoms with van der Waals surface area (Å²) in [6.07, 6.45) is 4.70. The highest BCUT2D eigenvalue weighted by Crippen LogP contribution is 2.44. The topological polar surface area (TPSA) is 47.7 Å². The van der Waals surface area contributed by atoms with Gasteiger partial charge in [0.05, 0.1) is 7.11 Å². The molecule has 2 fully saturated rings. The van der Waals surface area contributed by atoms with Crippen molar-refractivity contribution in [1.29, 1.82) is 0 Å². The summed E-state index contributed by atoms with van der Waals surface area (Å²) in [7, 11) is 3.79. The lowest BCUT2D eigenvalue weighted by atomic mass is 9.88. The molecule has 1 heterocycles. The number of nitrogens with zero attached hydrogens (tertiary/aromatic N) is 1. The van der Waals surface area contributed by atoms with Crippen LogP contribution in [0.3, 0.4) is 0 Å². The van der Waals surface area contributed by atoms with Crippen LogP contribution in [0.1, 0.15) is 31.2 Å². The predicted octanol–water partition coefficient (Wildman–Crippen LogP) is 2.12. The van der Waals surface area contributed by atoms with Gasteiger partial charge in [0, 0.05) is 24.2 Å². The van der Waals surface area contributed by atoms with E-state index in [-0.39, 0.29) is 11.6 Å². The molecule has 1 saturated carbocycles. The molecular weight excluding hydrogens is 252 g/mol. The van der Waals surface area contributed by atoms with Crippen molar-refractivity contribution in [2.75, 3.05) is 27.2 Å². The van der Waals surface area contributed by atoms with E-state index < -0.39 is 0 Å². The van der Waals surface area contributed by atoms with Crippen LogP contribution in [0.15, 0.2) is 18.2 Å². The lowest BCUT2D eigenvalue weighted by molar-refractivity contribution is 0.0353. The summed E-state index contributed by atoms with van der Waals surface area (Å²) < 4.78 is 11.7. The zero-order chi connectivity index (χ0) is 14.2. The molecule has 2 aliphatic rings. The van der Waals surface area contributed by atoms with E-state index in [9.17, 15) is 0 Å². The molecule has 3 rings (SSSR count). The van der Waals surface area contributed by atoms with Crippen LogP contribution in [-0.2, 0) is 5.54 Å². The van der Waals surface area contributed by atoms with Gasteiger partial charge in [0.25, 0.3) is 0 Å². The van der Waals surface area contributed by atoms with Crippen LogP contribution < -0.4 is 15.2 Å². The Labute approximate surface area is 120 Å². The second kappa shape index (κ2) is 5.26. The van der Waals surface area contributed by atoms with Gasteiger partial charge in [-0.25, -0.2) is 0 Å². The lowest BCUT2D eigenvalue weighted by Gasteiger charge is -2.38. The van der Waals surface area contributed by atoms with E-state index in [1.807, 2.05) is 12.1 Å². The number of nitrogens with two attached hydrogens (primary N) is 1. The summed E-state index contributed by atoms with van der Waals surface area (Å²) in [5, 5.41) is 0. The fraction of sp³-hybridized carbons (Fsp3) is 0.625. The average molecular weight is 276 g/mol. The number of methoxy groups -OCH3 is 1. The molecule has 4 nitrogen and oxygen atoms in total. The Balaban J connectivity index is 1.92. The van der Waals surface area contributed by atoms with Crippen molar-refractivity contribution in [2.45, 2.75) is 37.3 Å². The Morgan fingerprint density at radius 3 is 2.55 bits per heavy atom. The van der Waals surface area contributed by atoms with Crippen molar-refractivity contribution in [3.05, 3.63) is 23.8 Å². The van der Waals surface area contributed by atoms with Gasteiger partial charge in [0.2, 0.25) is 0 Å². The largest absolute Gasteiger partial charge is 0.493 e. The Kier molecular flexibility index (Phi) is 3.61. The average Bonchev–Trinajstić information content (AvgIpc) is 2.85. The third kappa shape index (κ3) is 2.38. The van der Waals surface area contributed by atoms with Gasteiger partial charge < -0.3 is 15.2 Å². The molecule has 1 saturated heterocycles. The summed E-state index contributed by atoms with van der Waals surface area (Å²) in [5.74, 6) is 1.66. The number of likely N-dealkylation sites (tertiary alicyclic amines) is 1. The summed E-state index contributed by atoms with van der Waals surface area (Å²) in [6, 6.07) is 6.08. The highest BCUT2D eigenvalue weighted by Gasteiger charge is 2.36. The van der Waals surface area contributed by atoms with Crippen LogP contribution in [-0.4, -0.2) is 38.3 Å². The van der Waals surface area contributed by atoms with E-state index in [0.29, 0.717) is 0 Å². The normalized spacial score (nSPS) is 22.6. The van der Waals surface area contributed by atoms with Crippen LogP contribution in [0.4, 0.5) is 0 Å². The number of hydrogen-bond acceptors (Lipinski definition) is 4. The van der Waals surface area contributed by atoms with Crippen molar-refractivity contribution in [3.8, 4) is 11.5 Å². The van der Waals surface area contributed by atoms with Crippen LogP contribution in [0.25, 0.3) is 0 Å². The Morgan fingerprint density at radius 1 is 1.25 bits per heavy atom. The quantitative estimate of drug-likeness (QED) is 0.915. The molecule has 4 heteroatoms. The minimum atomic E-state index is -0.250. The number of ether oxygens (including phenoxy) is 2. The first-order valence-corrected chi connectivity index (χ1v) is 7.44. The van der Waals surface area contributed by atoms with E-state index in [0.717, 1.165) is 43.0 Å². The van der Waals surface area contributed by atoms with Gasteiger partial charge in [-0.1, -0.05) is 25.0 Å². The van der Waals surface area contributed by atoms with E-state index in [4.69, 9.17) is 15.2 Å². The maximum absolute atomic E-state index is 6.62. The molecule has 1 aliphatic carbocycles. The van der Waals surface area contributed by atoms with Gasteiger partial charge in [-0.15, -0.1) is 0 Å². The van der Waals surface area contributed by atoms with Gasteiger partial charge in [0.1, 0.15) is 6.10 Å².